The molecule has 0 N–H and O–H groups in total. The Morgan fingerprint density at radius 1 is 1.18 bits per heavy atom. The maximum atomic E-state index is 3.56. The summed E-state index contributed by atoms with van der Waals surface area (Å²) in [4.78, 5) is 0. The molecule has 98 valence electrons. The first-order chi connectivity index (χ1) is 7.79. The maximum Gasteiger partial charge on any atom is 0.0269 e. The molecule has 0 amide bonds. The van der Waals surface area contributed by atoms with Crippen molar-refractivity contribution in [2.24, 2.45) is 35.0 Å². The van der Waals surface area contributed by atoms with Crippen molar-refractivity contribution in [3.05, 3.63) is 0 Å². The van der Waals surface area contributed by atoms with Crippen LogP contribution in [0.15, 0.2) is 0 Å². The van der Waals surface area contributed by atoms with Gasteiger partial charge in [-0.3, -0.25) is 0 Å². The third-order valence-electron chi connectivity index (χ3n) is 4.28. The minimum absolute atomic E-state index is 0.403. The van der Waals surface area contributed by atoms with Gasteiger partial charge in [-0.05, 0) is 35.5 Å². The summed E-state index contributed by atoms with van der Waals surface area (Å²) in [5.41, 5.74) is 0.403. The van der Waals surface area contributed by atoms with Gasteiger partial charge in [-0.25, -0.2) is 0 Å². The maximum absolute atomic E-state index is 3.56. The van der Waals surface area contributed by atoms with Gasteiger partial charge in [0.2, 0.25) is 0 Å². The summed E-state index contributed by atoms with van der Waals surface area (Å²) in [6.45, 7) is 16.4. The van der Waals surface area contributed by atoms with Crippen LogP contribution in [0.4, 0.5) is 0 Å². The van der Waals surface area contributed by atoms with Crippen LogP contribution < -0.4 is 0 Å². The fourth-order valence-electron chi connectivity index (χ4n) is 3.69. The van der Waals surface area contributed by atoms with Crippen LogP contribution >= 0.6 is 0 Å². The summed E-state index contributed by atoms with van der Waals surface area (Å²) in [6.07, 6.45) is 2.34. The highest BCUT2D eigenvalue weighted by Crippen LogP contribution is 2.55. The van der Waals surface area contributed by atoms with Gasteiger partial charge in [-0.1, -0.05) is 54.4 Å². The highest BCUT2D eigenvalue weighted by molar-refractivity contribution is 5.15. The van der Waals surface area contributed by atoms with Crippen molar-refractivity contribution in [3.8, 4) is 11.8 Å². The Bertz CT molecular complexity index is 294. The van der Waals surface area contributed by atoms with Gasteiger partial charge in [0.1, 0.15) is 0 Å². The molecule has 1 fully saturated rings. The third-order valence-corrected chi connectivity index (χ3v) is 4.28. The predicted octanol–water partition coefficient (Wildman–Crippen LogP) is 4.99. The van der Waals surface area contributed by atoms with Crippen LogP contribution in [0.5, 0.6) is 0 Å². The fraction of sp³-hybridized carbons (Fsp3) is 0.882. The number of rotatable bonds is 2. The molecule has 0 spiro atoms. The molecule has 1 aliphatic carbocycles. The molecule has 0 heteroatoms. The fourth-order valence-corrected chi connectivity index (χ4v) is 3.69. The first kappa shape index (κ1) is 14.6. The van der Waals surface area contributed by atoms with E-state index in [0.29, 0.717) is 11.3 Å². The molecule has 4 unspecified atom stereocenters. The van der Waals surface area contributed by atoms with E-state index in [2.05, 4.69) is 60.3 Å². The summed E-state index contributed by atoms with van der Waals surface area (Å²) in [5.74, 6) is 10.8. The molecule has 0 aromatic heterocycles. The molecule has 0 nitrogen and oxygen atoms in total. The lowest BCUT2D eigenvalue weighted by molar-refractivity contribution is -0.0556. The third kappa shape index (κ3) is 3.27. The standard InChI is InChI=1S/C17H30/c1-8-9-10-14-15(11-12(2)3)13(4)16(14)17(5,6)7/h12-16H,8,11H2,1-7H3. The van der Waals surface area contributed by atoms with Crippen molar-refractivity contribution >= 4 is 0 Å². The Kier molecular flexibility index (Phi) is 4.70. The Balaban J connectivity index is 2.81. The largest absolute Gasteiger partial charge is 0.103 e. The van der Waals surface area contributed by atoms with Gasteiger partial charge in [0.05, 0.1) is 0 Å². The second-order valence-electron chi connectivity index (χ2n) is 7.24. The van der Waals surface area contributed by atoms with Crippen LogP contribution in [0, 0.1) is 46.8 Å². The lowest BCUT2D eigenvalue weighted by Crippen LogP contribution is -2.51. The zero-order chi connectivity index (χ0) is 13.2. The van der Waals surface area contributed by atoms with Gasteiger partial charge in [0, 0.05) is 12.3 Å². The van der Waals surface area contributed by atoms with Crippen molar-refractivity contribution in [1.82, 2.24) is 0 Å². The molecule has 4 atom stereocenters. The molecule has 1 saturated carbocycles. The van der Waals surface area contributed by atoms with E-state index in [-0.39, 0.29) is 0 Å². The summed E-state index contributed by atoms with van der Waals surface area (Å²) in [6, 6.07) is 0. The quantitative estimate of drug-likeness (QED) is 0.590. The smallest absolute Gasteiger partial charge is 0.0269 e. The van der Waals surface area contributed by atoms with Crippen molar-refractivity contribution in [2.45, 2.75) is 61.3 Å². The summed E-state index contributed by atoms with van der Waals surface area (Å²) in [7, 11) is 0. The highest BCUT2D eigenvalue weighted by Gasteiger charge is 2.51. The van der Waals surface area contributed by atoms with E-state index < -0.39 is 0 Å². The minimum atomic E-state index is 0.403. The second kappa shape index (κ2) is 5.47. The molecule has 0 heterocycles. The van der Waals surface area contributed by atoms with E-state index in [4.69, 9.17) is 0 Å². The van der Waals surface area contributed by atoms with E-state index in [1.807, 2.05) is 0 Å². The molecule has 1 aliphatic rings. The monoisotopic (exact) mass is 234 g/mol. The van der Waals surface area contributed by atoms with Gasteiger partial charge in [0.15, 0.2) is 0 Å². The van der Waals surface area contributed by atoms with Crippen LogP contribution in [0.1, 0.15) is 61.3 Å². The average Bonchev–Trinajstić information content (AvgIpc) is 2.18. The van der Waals surface area contributed by atoms with Gasteiger partial charge in [0.25, 0.3) is 0 Å². The van der Waals surface area contributed by atoms with Gasteiger partial charge >= 0.3 is 0 Å². The molecule has 0 bridgehead atoms. The lowest BCUT2D eigenvalue weighted by atomic mass is 9.49. The molecule has 0 aliphatic heterocycles. The Labute approximate surface area is 109 Å². The Morgan fingerprint density at radius 2 is 1.76 bits per heavy atom. The van der Waals surface area contributed by atoms with Crippen molar-refractivity contribution in [3.63, 3.8) is 0 Å². The Hall–Kier alpha value is -0.440. The van der Waals surface area contributed by atoms with Crippen LogP contribution in [-0.4, -0.2) is 0 Å². The first-order valence-electron chi connectivity index (χ1n) is 7.27. The lowest BCUT2D eigenvalue weighted by Gasteiger charge is -2.55. The molecule has 1 rings (SSSR count). The van der Waals surface area contributed by atoms with Crippen LogP contribution in [-0.2, 0) is 0 Å². The molecule has 0 radical (unpaired) electrons. The zero-order valence-corrected chi connectivity index (χ0v) is 12.8. The summed E-state index contributed by atoms with van der Waals surface area (Å²) < 4.78 is 0. The summed E-state index contributed by atoms with van der Waals surface area (Å²) >= 11 is 0. The van der Waals surface area contributed by atoms with E-state index in [0.717, 1.165) is 30.1 Å². The van der Waals surface area contributed by atoms with Crippen LogP contribution in [0.2, 0.25) is 0 Å². The van der Waals surface area contributed by atoms with E-state index >= 15 is 0 Å². The highest BCUT2D eigenvalue weighted by atomic mass is 14.5. The molecule has 17 heavy (non-hydrogen) atoms. The van der Waals surface area contributed by atoms with Crippen LogP contribution in [0.3, 0.4) is 0 Å². The zero-order valence-electron chi connectivity index (χ0n) is 12.8. The normalized spacial score (nSPS) is 32.9. The second-order valence-corrected chi connectivity index (χ2v) is 7.24. The Morgan fingerprint density at radius 3 is 2.18 bits per heavy atom. The van der Waals surface area contributed by atoms with Crippen molar-refractivity contribution in [2.75, 3.05) is 0 Å². The van der Waals surface area contributed by atoms with E-state index in [9.17, 15) is 0 Å². The van der Waals surface area contributed by atoms with Gasteiger partial charge < -0.3 is 0 Å². The predicted molar refractivity (Wildman–Crippen MR) is 76.6 cm³/mol. The molecular formula is C17H30. The number of hydrogen-bond donors (Lipinski definition) is 0. The van der Waals surface area contributed by atoms with Gasteiger partial charge in [-0.15, -0.1) is 5.92 Å². The summed E-state index contributed by atoms with van der Waals surface area (Å²) in [5, 5.41) is 0. The topological polar surface area (TPSA) is 0 Å². The van der Waals surface area contributed by atoms with Crippen molar-refractivity contribution in [1.29, 1.82) is 0 Å². The number of hydrogen-bond acceptors (Lipinski definition) is 0. The SMILES string of the molecule is CCC#CC1C(CC(C)C)C(C)C1C(C)(C)C. The first-order valence-corrected chi connectivity index (χ1v) is 7.27. The minimum Gasteiger partial charge on any atom is -0.103 e. The van der Waals surface area contributed by atoms with E-state index in [1.54, 1.807) is 0 Å². The molecule has 0 saturated heterocycles. The molecule has 0 aromatic carbocycles. The van der Waals surface area contributed by atoms with Crippen molar-refractivity contribution < 1.29 is 0 Å². The van der Waals surface area contributed by atoms with E-state index in [1.165, 1.54) is 6.42 Å². The molecule has 0 aromatic rings. The molecular weight excluding hydrogens is 204 g/mol. The van der Waals surface area contributed by atoms with Crippen LogP contribution in [0.25, 0.3) is 0 Å². The van der Waals surface area contributed by atoms with Gasteiger partial charge in [-0.2, -0.15) is 0 Å². The average molecular weight is 234 g/mol.